The predicted molar refractivity (Wildman–Crippen MR) is 64.3 cm³/mol. The van der Waals surface area contributed by atoms with Crippen LogP contribution in [0.3, 0.4) is 0 Å². The van der Waals surface area contributed by atoms with Crippen LogP contribution in [0.25, 0.3) is 0 Å². The first-order valence-electron chi connectivity index (χ1n) is 5.89. The molecule has 1 unspecified atom stereocenters. The van der Waals surface area contributed by atoms with Gasteiger partial charge in [-0.05, 0) is 0 Å². The summed E-state index contributed by atoms with van der Waals surface area (Å²) in [5.74, 6) is -5.08. The third-order valence-electron chi connectivity index (χ3n) is 3.03. The highest BCUT2D eigenvalue weighted by Crippen LogP contribution is 2.22. The average molecular weight is 304 g/mol. The number of carboxylic acids is 1. The molecule has 1 aromatic carbocycles. The van der Waals surface area contributed by atoms with Gasteiger partial charge in [-0.2, -0.15) is 0 Å². The molecule has 0 aromatic heterocycles. The molecule has 6 nitrogen and oxygen atoms in total. The molecule has 2 amide bonds. The monoisotopic (exact) mass is 304 g/mol. The molecule has 1 heterocycles. The van der Waals surface area contributed by atoms with E-state index < -0.39 is 40.7 Å². The first-order valence-corrected chi connectivity index (χ1v) is 5.89. The number of anilines is 1. The van der Waals surface area contributed by atoms with E-state index in [1.54, 1.807) is 0 Å². The molecule has 0 spiro atoms. The minimum atomic E-state index is -1.66. The molecule has 1 aliphatic heterocycles. The lowest BCUT2D eigenvalue weighted by Crippen LogP contribution is -2.56. The van der Waals surface area contributed by atoms with Crippen LogP contribution in [-0.4, -0.2) is 35.9 Å². The highest BCUT2D eigenvalue weighted by atomic mass is 19.1. The van der Waals surface area contributed by atoms with Gasteiger partial charge in [-0.1, -0.05) is 0 Å². The molecule has 2 rings (SSSR count). The summed E-state index contributed by atoms with van der Waals surface area (Å²) in [7, 11) is 0. The number of hydrogen-bond acceptors (Lipinski definition) is 3. The number of hydrogen-bond donors (Lipinski definition) is 3. The van der Waals surface area contributed by atoms with Crippen molar-refractivity contribution in [2.24, 2.45) is 0 Å². The van der Waals surface area contributed by atoms with E-state index in [0.717, 1.165) is 0 Å². The fraction of sp³-hybridized carbons (Fsp3) is 0.333. The minimum Gasteiger partial charge on any atom is -0.479 e. The minimum absolute atomic E-state index is 0.0180. The molecule has 1 fully saturated rings. The Hall–Kier alpha value is -2.29. The van der Waals surface area contributed by atoms with Crippen LogP contribution >= 0.6 is 0 Å². The Morgan fingerprint density at radius 1 is 1.24 bits per heavy atom. The number of halogens is 3. The Labute approximate surface area is 116 Å². The number of carbonyl (C=O) groups excluding carboxylic acids is 1. The number of urea groups is 1. The Morgan fingerprint density at radius 3 is 2.33 bits per heavy atom. The maximum Gasteiger partial charge on any atom is 0.332 e. The van der Waals surface area contributed by atoms with Crippen molar-refractivity contribution in [3.05, 3.63) is 29.6 Å². The lowest BCUT2D eigenvalue weighted by molar-refractivity contribution is -0.144. The van der Waals surface area contributed by atoms with E-state index in [1.165, 1.54) is 0 Å². The maximum atomic E-state index is 13.4. The van der Waals surface area contributed by atoms with Crippen molar-refractivity contribution in [2.45, 2.75) is 12.0 Å². The van der Waals surface area contributed by atoms with Gasteiger partial charge in [0, 0.05) is 25.2 Å². The molecule has 0 saturated carbocycles. The smallest absolute Gasteiger partial charge is 0.332 e. The summed E-state index contributed by atoms with van der Waals surface area (Å²) >= 11 is 0. The van der Waals surface area contributed by atoms with Crippen molar-refractivity contribution in [1.82, 2.24) is 5.32 Å². The van der Waals surface area contributed by atoms with Crippen molar-refractivity contribution in [3.8, 4) is 0 Å². The lowest BCUT2D eigenvalue weighted by Gasteiger charge is -2.23. The number of aliphatic carboxylic acids is 1. The molecule has 3 N–H and O–H groups in total. The summed E-state index contributed by atoms with van der Waals surface area (Å²) in [6.07, 6.45) is 0.0180. The van der Waals surface area contributed by atoms with Gasteiger partial charge in [0.1, 0.15) is 11.5 Å². The standard InChI is InChI=1S/C12H11F3N2O4/c13-6-3-7(14)9(8(15)4-6)16-11(20)17-12(10(18)19)1-2-21-5-12/h3-4H,1-2,5H2,(H,18,19)(H2,16,17,20). The van der Waals surface area contributed by atoms with E-state index in [1.807, 2.05) is 5.32 Å². The fourth-order valence-electron chi connectivity index (χ4n) is 1.91. The SMILES string of the molecule is O=C(Nc1c(F)cc(F)cc1F)NC1(C(=O)O)CCOC1. The topological polar surface area (TPSA) is 87.7 Å². The summed E-state index contributed by atoms with van der Waals surface area (Å²) in [6.45, 7) is -0.129. The zero-order valence-corrected chi connectivity index (χ0v) is 10.6. The summed E-state index contributed by atoms with van der Waals surface area (Å²) in [4.78, 5) is 22.9. The second-order valence-electron chi connectivity index (χ2n) is 4.51. The van der Waals surface area contributed by atoms with Gasteiger partial charge in [-0.25, -0.2) is 22.8 Å². The summed E-state index contributed by atoms with van der Waals surface area (Å²) in [5, 5.41) is 13.0. The van der Waals surface area contributed by atoms with Crippen LogP contribution in [0.4, 0.5) is 23.7 Å². The largest absolute Gasteiger partial charge is 0.479 e. The molecule has 0 radical (unpaired) electrons. The molecular weight excluding hydrogens is 293 g/mol. The Kier molecular flexibility index (Phi) is 4.03. The van der Waals surface area contributed by atoms with Crippen molar-refractivity contribution in [1.29, 1.82) is 0 Å². The van der Waals surface area contributed by atoms with Crippen LogP contribution in [0, 0.1) is 17.5 Å². The molecule has 1 atom stereocenters. The molecule has 114 valence electrons. The number of carboxylic acid groups (broad SMARTS) is 1. The number of benzene rings is 1. The van der Waals surface area contributed by atoms with Gasteiger partial charge < -0.3 is 20.5 Å². The lowest BCUT2D eigenvalue weighted by atomic mass is 9.99. The van der Waals surface area contributed by atoms with Crippen LogP contribution in [0.2, 0.25) is 0 Å². The van der Waals surface area contributed by atoms with Crippen LogP contribution in [-0.2, 0) is 9.53 Å². The second kappa shape index (κ2) is 5.60. The highest BCUT2D eigenvalue weighted by Gasteiger charge is 2.44. The summed E-state index contributed by atoms with van der Waals surface area (Å²) < 4.78 is 44.4. The van der Waals surface area contributed by atoms with Gasteiger partial charge in [-0.15, -0.1) is 0 Å². The van der Waals surface area contributed by atoms with E-state index in [-0.39, 0.29) is 19.6 Å². The Morgan fingerprint density at radius 2 is 1.86 bits per heavy atom. The van der Waals surface area contributed by atoms with E-state index in [9.17, 15) is 22.8 Å². The number of ether oxygens (including phenoxy) is 1. The van der Waals surface area contributed by atoms with Crippen molar-refractivity contribution < 1.29 is 32.6 Å². The van der Waals surface area contributed by atoms with Crippen molar-refractivity contribution >= 4 is 17.7 Å². The highest BCUT2D eigenvalue weighted by molar-refractivity contribution is 5.94. The van der Waals surface area contributed by atoms with E-state index in [0.29, 0.717) is 12.1 Å². The van der Waals surface area contributed by atoms with E-state index >= 15 is 0 Å². The molecular formula is C12H11F3N2O4. The zero-order valence-electron chi connectivity index (χ0n) is 10.6. The fourth-order valence-corrected chi connectivity index (χ4v) is 1.91. The van der Waals surface area contributed by atoms with Crippen LogP contribution in [0.5, 0.6) is 0 Å². The first kappa shape index (κ1) is 15.1. The zero-order chi connectivity index (χ0) is 15.6. The molecule has 1 saturated heterocycles. The van der Waals surface area contributed by atoms with Gasteiger partial charge >= 0.3 is 12.0 Å². The Bertz CT molecular complexity index is 565. The molecule has 0 aliphatic carbocycles. The van der Waals surface area contributed by atoms with Crippen molar-refractivity contribution in [2.75, 3.05) is 18.5 Å². The number of amides is 2. The third kappa shape index (κ3) is 3.07. The maximum absolute atomic E-state index is 13.4. The second-order valence-corrected chi connectivity index (χ2v) is 4.51. The number of nitrogens with one attached hydrogen (secondary N) is 2. The van der Waals surface area contributed by atoms with Crippen molar-refractivity contribution in [3.63, 3.8) is 0 Å². The van der Waals surface area contributed by atoms with Gasteiger partial charge in [-0.3, -0.25) is 0 Å². The number of rotatable bonds is 3. The van der Waals surface area contributed by atoms with Gasteiger partial charge in [0.2, 0.25) is 0 Å². The summed E-state index contributed by atoms with van der Waals surface area (Å²) in [5.41, 5.74) is -2.52. The molecule has 9 heteroatoms. The molecule has 1 aliphatic rings. The normalized spacial score (nSPS) is 21.1. The third-order valence-corrected chi connectivity index (χ3v) is 3.03. The van der Waals surface area contributed by atoms with Gasteiger partial charge in [0.25, 0.3) is 0 Å². The average Bonchev–Trinajstić information content (AvgIpc) is 2.83. The van der Waals surface area contributed by atoms with Crippen LogP contribution in [0.1, 0.15) is 6.42 Å². The number of carbonyl (C=O) groups is 2. The van der Waals surface area contributed by atoms with Crippen LogP contribution in [0.15, 0.2) is 12.1 Å². The first-order chi connectivity index (χ1) is 9.84. The van der Waals surface area contributed by atoms with Gasteiger partial charge in [0.15, 0.2) is 17.2 Å². The summed E-state index contributed by atoms with van der Waals surface area (Å²) in [6, 6.07) is -0.346. The molecule has 21 heavy (non-hydrogen) atoms. The molecule has 1 aromatic rings. The van der Waals surface area contributed by atoms with E-state index in [2.05, 4.69) is 5.32 Å². The quantitative estimate of drug-likeness (QED) is 0.789. The van der Waals surface area contributed by atoms with Gasteiger partial charge in [0.05, 0.1) is 6.61 Å². The van der Waals surface area contributed by atoms with Crippen LogP contribution < -0.4 is 10.6 Å². The Balaban J connectivity index is 2.14. The predicted octanol–water partition coefficient (Wildman–Crippen LogP) is 1.47. The van der Waals surface area contributed by atoms with E-state index in [4.69, 9.17) is 9.84 Å². The molecule has 0 bridgehead atoms.